The van der Waals surface area contributed by atoms with Crippen LogP contribution in [-0.4, -0.2) is 100 Å². The molecule has 0 radical (unpaired) electrons. The molecular weight excluding hydrogens is 679 g/mol. The van der Waals surface area contributed by atoms with Crippen LogP contribution in [0.15, 0.2) is 12.7 Å². The number of urea groups is 1. The fourth-order valence-corrected chi connectivity index (χ4v) is 10.9. The summed E-state index contributed by atoms with van der Waals surface area (Å²) in [5, 5.41) is 11.1. The van der Waals surface area contributed by atoms with E-state index in [4.69, 9.17) is 6.42 Å². The van der Waals surface area contributed by atoms with Crippen LogP contribution in [0.1, 0.15) is 99.3 Å². The molecule has 4 aliphatic rings. The number of likely N-dealkylation sites (tertiary alicyclic amines) is 1. The van der Waals surface area contributed by atoms with Gasteiger partial charge in [-0.2, -0.15) is 0 Å². The van der Waals surface area contributed by atoms with Crippen LogP contribution in [0.2, 0.25) is 0 Å². The van der Waals surface area contributed by atoms with E-state index in [9.17, 15) is 32.4 Å². The molecule has 4 fully saturated rings. The Labute approximate surface area is 301 Å². The molecule has 0 aromatic carbocycles. The Morgan fingerprint density at radius 2 is 1.66 bits per heavy atom. The number of carbonyl (C=O) groups is 5. The molecule has 0 bridgehead atoms. The molecule has 4 rings (SSSR count). The molecule has 2 aliphatic carbocycles. The molecule has 0 aromatic heterocycles. The van der Waals surface area contributed by atoms with Gasteiger partial charge in [0.15, 0.2) is 9.84 Å². The fourth-order valence-electron chi connectivity index (χ4n) is 7.47. The first-order chi connectivity index (χ1) is 23.2. The summed E-state index contributed by atoms with van der Waals surface area (Å²) in [6.45, 7) is 14.3. The quantitative estimate of drug-likeness (QED) is 0.127. The number of nitrogens with zero attached hydrogens (tertiary/aromatic N) is 1. The van der Waals surface area contributed by atoms with Gasteiger partial charge in [0, 0.05) is 35.4 Å². The molecular formula is C36H55N5O7S2. The Morgan fingerprint density at radius 3 is 2.20 bits per heavy atom. The normalized spacial score (nSPS) is 24.7. The molecule has 2 saturated heterocycles. The lowest BCUT2D eigenvalue weighted by Gasteiger charge is -2.43. The first-order valence-corrected chi connectivity index (χ1v) is 20.2. The number of nitrogens with one attached hydrogen (secondary N) is 4. The lowest BCUT2D eigenvalue weighted by atomic mass is 9.83. The highest BCUT2D eigenvalue weighted by atomic mass is 32.2. The number of thioether (sulfide) groups is 1. The third-order valence-corrected chi connectivity index (χ3v) is 15.3. The van der Waals surface area contributed by atoms with Crippen molar-refractivity contribution in [2.45, 2.75) is 138 Å². The number of sulfone groups is 1. The average molecular weight is 734 g/mol. The molecule has 5 atom stereocenters. The van der Waals surface area contributed by atoms with E-state index in [1.165, 1.54) is 11.0 Å². The van der Waals surface area contributed by atoms with Crippen LogP contribution in [0.4, 0.5) is 4.79 Å². The Kier molecular flexibility index (Phi) is 11.8. The van der Waals surface area contributed by atoms with E-state index in [-0.39, 0.29) is 41.1 Å². The fraction of sp³-hybridized carbons (Fsp3) is 0.750. The molecule has 12 nitrogen and oxygen atoms in total. The van der Waals surface area contributed by atoms with E-state index in [0.717, 1.165) is 32.1 Å². The highest BCUT2D eigenvalue weighted by molar-refractivity contribution is 8.03. The SMILES string of the molecule is C#CCCC(NC(=O)[C@@H]1C2C(CN1C(=O)[C@@H](NC(=O)NC1(CS(=O)(=O)C(C)(C)C)CCCCC1)C(C)(C)C)SC21CC1)C(=O)C(=O)NCC=C. The Morgan fingerprint density at radius 1 is 1.02 bits per heavy atom. The van der Waals surface area contributed by atoms with Gasteiger partial charge in [-0.15, -0.1) is 30.7 Å². The zero-order chi connectivity index (χ0) is 37.3. The highest BCUT2D eigenvalue weighted by Gasteiger charge is 2.70. The maximum atomic E-state index is 14.6. The van der Waals surface area contributed by atoms with Crippen LogP contribution in [0.3, 0.4) is 0 Å². The van der Waals surface area contributed by atoms with Crippen molar-refractivity contribution in [3.8, 4) is 12.3 Å². The summed E-state index contributed by atoms with van der Waals surface area (Å²) in [7, 11) is -3.58. The maximum absolute atomic E-state index is 14.6. The zero-order valence-electron chi connectivity index (χ0n) is 30.4. The number of fused-ring (bicyclic) bond motifs is 2. The van der Waals surface area contributed by atoms with Gasteiger partial charge in [-0.05, 0) is 58.3 Å². The van der Waals surface area contributed by atoms with E-state index in [1.54, 1.807) is 32.5 Å². The van der Waals surface area contributed by atoms with Gasteiger partial charge in [-0.25, -0.2) is 13.2 Å². The molecule has 4 N–H and O–H groups in total. The van der Waals surface area contributed by atoms with E-state index in [0.29, 0.717) is 19.4 Å². The summed E-state index contributed by atoms with van der Waals surface area (Å²) in [4.78, 5) is 69.7. The van der Waals surface area contributed by atoms with Crippen molar-refractivity contribution in [2.75, 3.05) is 18.8 Å². The number of amides is 5. The minimum absolute atomic E-state index is 0.00973. The number of rotatable bonds is 13. The monoisotopic (exact) mass is 733 g/mol. The van der Waals surface area contributed by atoms with Gasteiger partial charge >= 0.3 is 6.03 Å². The van der Waals surface area contributed by atoms with Crippen molar-refractivity contribution in [1.82, 2.24) is 26.2 Å². The predicted octanol–water partition coefficient (Wildman–Crippen LogP) is 2.86. The van der Waals surface area contributed by atoms with Gasteiger partial charge < -0.3 is 26.2 Å². The lowest BCUT2D eigenvalue weighted by Crippen LogP contribution is -2.64. The number of hydrogen-bond acceptors (Lipinski definition) is 8. The second kappa shape index (κ2) is 14.9. The van der Waals surface area contributed by atoms with E-state index < -0.39 is 73.2 Å². The van der Waals surface area contributed by atoms with Gasteiger partial charge in [0.2, 0.25) is 17.6 Å². The topological polar surface area (TPSA) is 171 Å². The molecule has 2 aliphatic heterocycles. The van der Waals surface area contributed by atoms with Crippen LogP contribution < -0.4 is 21.3 Å². The molecule has 50 heavy (non-hydrogen) atoms. The van der Waals surface area contributed by atoms with Crippen LogP contribution in [0.25, 0.3) is 0 Å². The summed E-state index contributed by atoms with van der Waals surface area (Å²) in [6, 6.07) is -3.78. The smallest absolute Gasteiger partial charge is 0.315 e. The summed E-state index contributed by atoms with van der Waals surface area (Å²) < 4.78 is 25.5. The van der Waals surface area contributed by atoms with E-state index in [1.807, 2.05) is 20.8 Å². The van der Waals surface area contributed by atoms with Crippen molar-refractivity contribution in [3.05, 3.63) is 12.7 Å². The number of carbonyl (C=O) groups excluding carboxylic acids is 5. The predicted molar refractivity (Wildman–Crippen MR) is 195 cm³/mol. The largest absolute Gasteiger partial charge is 0.346 e. The Balaban J connectivity index is 1.58. The summed E-state index contributed by atoms with van der Waals surface area (Å²) >= 11 is 1.77. The summed E-state index contributed by atoms with van der Waals surface area (Å²) in [5.74, 6) is -0.549. The van der Waals surface area contributed by atoms with Gasteiger partial charge in [0.1, 0.15) is 12.1 Å². The lowest BCUT2D eigenvalue weighted by molar-refractivity contribution is -0.144. The number of ketones is 1. The van der Waals surface area contributed by atoms with Gasteiger partial charge in [0.25, 0.3) is 5.91 Å². The second-order valence-corrected chi connectivity index (χ2v) is 20.9. The van der Waals surface area contributed by atoms with Crippen molar-refractivity contribution in [2.24, 2.45) is 11.3 Å². The number of hydrogen-bond donors (Lipinski definition) is 4. The van der Waals surface area contributed by atoms with Crippen LogP contribution >= 0.6 is 11.8 Å². The molecule has 278 valence electrons. The number of terminal acetylenes is 1. The maximum Gasteiger partial charge on any atom is 0.315 e. The van der Waals surface area contributed by atoms with E-state index in [2.05, 4.69) is 33.8 Å². The second-order valence-electron chi connectivity index (χ2n) is 16.5. The van der Waals surface area contributed by atoms with Crippen LogP contribution in [0.5, 0.6) is 0 Å². The molecule has 0 aromatic rings. The third-order valence-electron chi connectivity index (χ3n) is 10.6. The van der Waals surface area contributed by atoms with Crippen molar-refractivity contribution >= 4 is 51.1 Å². The first kappa shape index (κ1) is 39.7. The van der Waals surface area contributed by atoms with Gasteiger partial charge in [-0.1, -0.05) is 46.1 Å². The molecule has 5 amide bonds. The first-order valence-electron chi connectivity index (χ1n) is 17.7. The van der Waals surface area contributed by atoms with Crippen LogP contribution in [-0.2, 0) is 29.0 Å². The average Bonchev–Trinajstić information content (AvgIpc) is 3.76. The number of Topliss-reactive ketones (excluding diaryl/α,β-unsaturated/α-hetero) is 1. The third kappa shape index (κ3) is 8.52. The molecule has 2 heterocycles. The highest BCUT2D eigenvalue weighted by Crippen LogP contribution is 2.70. The van der Waals surface area contributed by atoms with Gasteiger partial charge in [0.05, 0.1) is 22.1 Å². The Hall–Kier alpha value is -3.05. The summed E-state index contributed by atoms with van der Waals surface area (Å²) in [6.07, 6.45) is 12.4. The van der Waals surface area contributed by atoms with Crippen molar-refractivity contribution < 1.29 is 32.4 Å². The minimum atomic E-state index is -3.58. The minimum Gasteiger partial charge on any atom is -0.346 e. The van der Waals surface area contributed by atoms with Crippen molar-refractivity contribution in [3.63, 3.8) is 0 Å². The van der Waals surface area contributed by atoms with E-state index >= 15 is 0 Å². The molecule has 2 saturated carbocycles. The summed E-state index contributed by atoms with van der Waals surface area (Å²) in [5.41, 5.74) is -1.75. The standard InChI is InChI=1S/C36H55N5O7S2/c1-9-11-15-23(27(42)30(44)37-20-10-2)38-29(43)26-25-24(49-36(25)18-19-36)21-41(26)31(45)28(33(3,4)5)39-32(46)40-35(16-13-12-14-17-35)22-50(47,48)34(6,7)8/h1,10,23-26,28H,2,11-22H2,3-8H3,(H,37,44)(H,38,43)(H2,39,40,46)/t23?,24?,25?,26-,28+/m0/s1. The Bertz CT molecular complexity index is 1510. The molecule has 14 heteroatoms. The zero-order valence-corrected chi connectivity index (χ0v) is 32.0. The molecule has 3 unspecified atom stereocenters. The van der Waals surface area contributed by atoms with Gasteiger partial charge in [-0.3, -0.25) is 19.2 Å². The molecule has 1 spiro atoms. The van der Waals surface area contributed by atoms with Crippen LogP contribution in [0, 0.1) is 23.7 Å². The van der Waals surface area contributed by atoms with Crippen molar-refractivity contribution in [1.29, 1.82) is 0 Å².